The molecule has 0 bridgehead atoms. The number of ether oxygens (including phenoxy) is 1. The monoisotopic (exact) mass is 460 g/mol. The van der Waals surface area contributed by atoms with Gasteiger partial charge in [0.05, 0.1) is 13.2 Å². The molecule has 1 aromatic carbocycles. The first-order chi connectivity index (χ1) is 14.1. The van der Waals surface area contributed by atoms with Gasteiger partial charge in [-0.3, -0.25) is 4.79 Å². The molecule has 0 saturated carbocycles. The van der Waals surface area contributed by atoms with Gasteiger partial charge in [0.2, 0.25) is 5.95 Å². The zero-order valence-corrected chi connectivity index (χ0v) is 17.8. The molecule has 3 heterocycles. The number of morpholine rings is 1. The summed E-state index contributed by atoms with van der Waals surface area (Å²) in [6, 6.07) is 7.58. The van der Waals surface area contributed by atoms with E-state index in [0.717, 1.165) is 36.1 Å². The number of carbonyl (C=O) groups excluding carboxylic acids is 1. The standard InChI is InChI=1S/C20H25BrN6O2/c21-15-10-14(19(28)26-6-8-29-9-7-26)11-17(12-15)24-18-3-4-23-20(25-18)27-5-1-2-16(22)13-27/h3-4,10-12,16H,1-2,5-9,13,22H2,(H,23,24,25)/t16-/m0/s1. The fourth-order valence-electron chi connectivity index (χ4n) is 3.64. The molecular weight excluding hydrogens is 436 g/mol. The van der Waals surface area contributed by atoms with Gasteiger partial charge in [-0.05, 0) is 37.1 Å². The number of nitrogens with zero attached hydrogens (tertiary/aromatic N) is 4. The van der Waals surface area contributed by atoms with Gasteiger partial charge in [0, 0.05) is 54.1 Å². The number of hydrogen-bond acceptors (Lipinski definition) is 7. The largest absolute Gasteiger partial charge is 0.378 e. The molecule has 9 heteroatoms. The van der Waals surface area contributed by atoms with Crippen LogP contribution >= 0.6 is 15.9 Å². The molecule has 0 aliphatic carbocycles. The minimum atomic E-state index is 0.00308. The minimum Gasteiger partial charge on any atom is -0.378 e. The van der Waals surface area contributed by atoms with Crippen molar-refractivity contribution in [3.63, 3.8) is 0 Å². The van der Waals surface area contributed by atoms with Crippen LogP contribution < -0.4 is 16.0 Å². The Hall–Kier alpha value is -2.23. The van der Waals surface area contributed by atoms with Gasteiger partial charge in [-0.15, -0.1) is 0 Å². The summed E-state index contributed by atoms with van der Waals surface area (Å²) >= 11 is 3.51. The Morgan fingerprint density at radius 1 is 1.24 bits per heavy atom. The molecule has 29 heavy (non-hydrogen) atoms. The van der Waals surface area contributed by atoms with Crippen molar-refractivity contribution in [3.8, 4) is 0 Å². The lowest BCUT2D eigenvalue weighted by molar-refractivity contribution is 0.0303. The Balaban J connectivity index is 1.51. The van der Waals surface area contributed by atoms with E-state index >= 15 is 0 Å². The third-order valence-electron chi connectivity index (χ3n) is 5.10. The van der Waals surface area contributed by atoms with Crippen LogP contribution in [-0.2, 0) is 4.74 Å². The van der Waals surface area contributed by atoms with E-state index in [2.05, 4.69) is 36.1 Å². The Bertz CT molecular complexity index is 874. The highest BCUT2D eigenvalue weighted by Crippen LogP contribution is 2.24. The van der Waals surface area contributed by atoms with Crippen molar-refractivity contribution in [1.82, 2.24) is 14.9 Å². The lowest BCUT2D eigenvalue weighted by Gasteiger charge is -2.30. The average Bonchev–Trinajstić information content (AvgIpc) is 2.73. The minimum absolute atomic E-state index is 0.00308. The molecule has 0 spiro atoms. The maximum Gasteiger partial charge on any atom is 0.254 e. The number of halogens is 1. The molecule has 4 rings (SSSR count). The van der Waals surface area contributed by atoms with E-state index in [4.69, 9.17) is 10.5 Å². The Morgan fingerprint density at radius 3 is 2.86 bits per heavy atom. The number of benzene rings is 1. The Labute approximate surface area is 178 Å². The second kappa shape index (κ2) is 9.06. The molecule has 2 aromatic rings. The predicted molar refractivity (Wildman–Crippen MR) is 116 cm³/mol. The molecule has 0 radical (unpaired) electrons. The second-order valence-corrected chi connectivity index (χ2v) is 8.26. The van der Waals surface area contributed by atoms with Crippen LogP contribution in [0.4, 0.5) is 17.5 Å². The summed E-state index contributed by atoms with van der Waals surface area (Å²) in [6.07, 6.45) is 3.82. The van der Waals surface area contributed by atoms with Crippen LogP contribution in [0.1, 0.15) is 23.2 Å². The molecular formula is C20H25BrN6O2. The van der Waals surface area contributed by atoms with E-state index in [-0.39, 0.29) is 11.9 Å². The van der Waals surface area contributed by atoms with Crippen molar-refractivity contribution in [3.05, 3.63) is 40.5 Å². The summed E-state index contributed by atoms with van der Waals surface area (Å²) in [7, 11) is 0. The van der Waals surface area contributed by atoms with Crippen LogP contribution in [0.3, 0.4) is 0 Å². The zero-order chi connectivity index (χ0) is 20.2. The number of anilines is 3. The topological polar surface area (TPSA) is 96.6 Å². The molecule has 2 aliphatic heterocycles. The van der Waals surface area contributed by atoms with Gasteiger partial charge in [0.1, 0.15) is 5.82 Å². The van der Waals surface area contributed by atoms with E-state index in [9.17, 15) is 4.79 Å². The molecule has 154 valence electrons. The third-order valence-corrected chi connectivity index (χ3v) is 5.56. The van der Waals surface area contributed by atoms with Crippen LogP contribution in [0.25, 0.3) is 0 Å². The fraction of sp³-hybridized carbons (Fsp3) is 0.450. The maximum atomic E-state index is 12.8. The highest BCUT2D eigenvalue weighted by Gasteiger charge is 2.21. The number of piperidine rings is 1. The van der Waals surface area contributed by atoms with Gasteiger partial charge >= 0.3 is 0 Å². The van der Waals surface area contributed by atoms with Crippen molar-refractivity contribution in [2.45, 2.75) is 18.9 Å². The first kappa shape index (κ1) is 20.1. The van der Waals surface area contributed by atoms with Crippen molar-refractivity contribution in [2.24, 2.45) is 5.73 Å². The smallest absolute Gasteiger partial charge is 0.254 e. The molecule has 1 aromatic heterocycles. The van der Waals surface area contributed by atoms with E-state index in [0.29, 0.717) is 43.6 Å². The van der Waals surface area contributed by atoms with Gasteiger partial charge in [-0.25, -0.2) is 4.98 Å². The summed E-state index contributed by atoms with van der Waals surface area (Å²) < 4.78 is 6.17. The average molecular weight is 461 g/mol. The van der Waals surface area contributed by atoms with Gasteiger partial charge < -0.3 is 25.6 Å². The van der Waals surface area contributed by atoms with E-state index < -0.39 is 0 Å². The molecule has 8 nitrogen and oxygen atoms in total. The molecule has 2 fully saturated rings. The quantitative estimate of drug-likeness (QED) is 0.722. The zero-order valence-electron chi connectivity index (χ0n) is 16.2. The number of nitrogens with two attached hydrogens (primary N) is 1. The highest BCUT2D eigenvalue weighted by atomic mass is 79.9. The number of carbonyl (C=O) groups is 1. The van der Waals surface area contributed by atoms with Crippen LogP contribution in [0.15, 0.2) is 34.9 Å². The molecule has 2 aliphatic rings. The number of rotatable bonds is 4. The summed E-state index contributed by atoms with van der Waals surface area (Å²) in [5.74, 6) is 1.35. The fourth-order valence-corrected chi connectivity index (χ4v) is 4.14. The Morgan fingerprint density at radius 2 is 2.07 bits per heavy atom. The van der Waals surface area contributed by atoms with Crippen LogP contribution in [0.2, 0.25) is 0 Å². The number of aromatic nitrogens is 2. The van der Waals surface area contributed by atoms with Crippen LogP contribution in [0.5, 0.6) is 0 Å². The summed E-state index contributed by atoms with van der Waals surface area (Å²) in [4.78, 5) is 25.8. The number of hydrogen-bond donors (Lipinski definition) is 2. The van der Waals surface area contributed by atoms with Gasteiger partial charge in [0.25, 0.3) is 5.91 Å². The summed E-state index contributed by atoms with van der Waals surface area (Å²) in [6.45, 7) is 4.05. The lowest BCUT2D eigenvalue weighted by Crippen LogP contribution is -2.43. The maximum absolute atomic E-state index is 12.8. The van der Waals surface area contributed by atoms with E-state index in [1.54, 1.807) is 6.20 Å². The van der Waals surface area contributed by atoms with Crippen LogP contribution in [-0.4, -0.2) is 66.2 Å². The highest BCUT2D eigenvalue weighted by molar-refractivity contribution is 9.10. The normalized spacial score (nSPS) is 19.9. The number of amides is 1. The summed E-state index contributed by atoms with van der Waals surface area (Å²) in [5.41, 5.74) is 7.50. The SMILES string of the molecule is N[C@H]1CCCN(c2nccc(Nc3cc(Br)cc(C(=O)N4CCOCC4)c3)n2)C1. The molecule has 1 atom stereocenters. The van der Waals surface area contributed by atoms with E-state index in [1.807, 2.05) is 29.2 Å². The van der Waals surface area contributed by atoms with Gasteiger partial charge in [0.15, 0.2) is 0 Å². The van der Waals surface area contributed by atoms with Crippen molar-refractivity contribution in [2.75, 3.05) is 49.6 Å². The van der Waals surface area contributed by atoms with Gasteiger partial charge in [-0.1, -0.05) is 15.9 Å². The van der Waals surface area contributed by atoms with Crippen molar-refractivity contribution in [1.29, 1.82) is 0 Å². The third kappa shape index (κ3) is 5.04. The van der Waals surface area contributed by atoms with Crippen LogP contribution in [0, 0.1) is 0 Å². The molecule has 2 saturated heterocycles. The first-order valence-corrected chi connectivity index (χ1v) is 10.7. The predicted octanol–water partition coefficient (Wildman–Crippen LogP) is 2.38. The molecule has 1 amide bonds. The van der Waals surface area contributed by atoms with Crippen molar-refractivity contribution < 1.29 is 9.53 Å². The second-order valence-electron chi connectivity index (χ2n) is 7.35. The molecule has 3 N–H and O–H groups in total. The Kier molecular flexibility index (Phi) is 6.27. The lowest BCUT2D eigenvalue weighted by atomic mass is 10.1. The number of nitrogens with one attached hydrogen (secondary N) is 1. The first-order valence-electron chi connectivity index (χ1n) is 9.87. The molecule has 0 unspecified atom stereocenters. The van der Waals surface area contributed by atoms with Crippen molar-refractivity contribution >= 4 is 39.3 Å². The summed E-state index contributed by atoms with van der Waals surface area (Å²) in [5, 5.41) is 3.30. The van der Waals surface area contributed by atoms with E-state index in [1.165, 1.54) is 0 Å². The van der Waals surface area contributed by atoms with Gasteiger partial charge in [-0.2, -0.15) is 4.98 Å².